The molecule has 0 saturated carbocycles. The SMILES string of the molecule is C=C[C@H](OCc1ccccc1)C(F)(F)CN=[N+]=[N-]. The molecule has 0 amide bonds. The maximum atomic E-state index is 13.5. The maximum Gasteiger partial charge on any atom is 0.282 e. The summed E-state index contributed by atoms with van der Waals surface area (Å²) < 4.78 is 32.1. The van der Waals surface area contributed by atoms with Crippen LogP contribution in [0.3, 0.4) is 0 Å². The molecule has 0 unspecified atom stereocenters. The van der Waals surface area contributed by atoms with Crippen LogP contribution in [-0.4, -0.2) is 18.6 Å². The predicted octanol–water partition coefficient (Wildman–Crippen LogP) is 3.70. The van der Waals surface area contributed by atoms with Crippen molar-refractivity contribution < 1.29 is 13.5 Å². The van der Waals surface area contributed by atoms with Crippen molar-refractivity contribution in [3.8, 4) is 0 Å². The first-order valence-corrected chi connectivity index (χ1v) is 5.27. The molecule has 18 heavy (non-hydrogen) atoms. The van der Waals surface area contributed by atoms with Gasteiger partial charge in [-0.25, -0.2) is 8.78 Å². The lowest BCUT2D eigenvalue weighted by Crippen LogP contribution is -2.36. The van der Waals surface area contributed by atoms with E-state index in [1.807, 2.05) is 6.07 Å². The normalized spacial score (nSPS) is 12.6. The lowest BCUT2D eigenvalue weighted by molar-refractivity contribution is -0.113. The summed E-state index contributed by atoms with van der Waals surface area (Å²) in [6.07, 6.45) is -0.473. The van der Waals surface area contributed by atoms with Crippen LogP contribution in [0.1, 0.15) is 5.56 Å². The monoisotopic (exact) mass is 253 g/mol. The smallest absolute Gasteiger partial charge is 0.282 e. The number of benzene rings is 1. The van der Waals surface area contributed by atoms with Gasteiger partial charge in [0.15, 0.2) is 0 Å². The Bertz CT molecular complexity index is 430. The van der Waals surface area contributed by atoms with Crippen molar-refractivity contribution in [3.63, 3.8) is 0 Å². The van der Waals surface area contributed by atoms with Crippen LogP contribution in [-0.2, 0) is 11.3 Å². The van der Waals surface area contributed by atoms with E-state index in [9.17, 15) is 8.78 Å². The van der Waals surface area contributed by atoms with Crippen molar-refractivity contribution in [1.29, 1.82) is 0 Å². The second-order valence-electron chi connectivity index (χ2n) is 3.60. The largest absolute Gasteiger partial charge is 0.363 e. The van der Waals surface area contributed by atoms with Crippen LogP contribution in [0.2, 0.25) is 0 Å². The Kier molecular flexibility index (Phi) is 5.30. The van der Waals surface area contributed by atoms with Crippen LogP contribution in [0.25, 0.3) is 10.4 Å². The standard InChI is InChI=1S/C12H13F2N3O/c1-2-11(12(13,14)9-16-17-15)18-8-10-6-4-3-5-7-10/h2-7,11H,1,8-9H2/t11-/m0/s1. The Morgan fingerprint density at radius 3 is 2.67 bits per heavy atom. The fraction of sp³-hybridized carbons (Fsp3) is 0.333. The van der Waals surface area contributed by atoms with E-state index in [2.05, 4.69) is 16.6 Å². The van der Waals surface area contributed by atoms with Gasteiger partial charge in [-0.05, 0) is 11.1 Å². The molecule has 1 aromatic rings. The van der Waals surface area contributed by atoms with Crippen LogP contribution in [0.15, 0.2) is 48.1 Å². The van der Waals surface area contributed by atoms with Gasteiger partial charge >= 0.3 is 0 Å². The number of hydrogen-bond donors (Lipinski definition) is 0. The average molecular weight is 253 g/mol. The average Bonchev–Trinajstić information content (AvgIpc) is 2.38. The fourth-order valence-corrected chi connectivity index (χ4v) is 1.34. The molecule has 0 N–H and O–H groups in total. The van der Waals surface area contributed by atoms with E-state index in [0.29, 0.717) is 0 Å². The maximum absolute atomic E-state index is 13.5. The number of nitrogens with zero attached hydrogens (tertiary/aromatic N) is 3. The molecule has 0 aliphatic carbocycles. The molecule has 4 nitrogen and oxygen atoms in total. The molecule has 0 bridgehead atoms. The molecule has 1 aromatic carbocycles. The lowest BCUT2D eigenvalue weighted by atomic mass is 10.2. The second-order valence-corrected chi connectivity index (χ2v) is 3.60. The Labute approximate surface area is 104 Å². The third-order valence-electron chi connectivity index (χ3n) is 2.25. The van der Waals surface area contributed by atoms with Crippen LogP contribution in [0, 0.1) is 0 Å². The van der Waals surface area contributed by atoms with Gasteiger partial charge in [-0.3, -0.25) is 0 Å². The zero-order chi connectivity index (χ0) is 13.4. The number of alkyl halides is 2. The third-order valence-corrected chi connectivity index (χ3v) is 2.25. The summed E-state index contributed by atoms with van der Waals surface area (Å²) in [5.41, 5.74) is 8.83. The second kappa shape index (κ2) is 6.74. The Morgan fingerprint density at radius 2 is 2.11 bits per heavy atom. The summed E-state index contributed by atoms with van der Waals surface area (Å²) in [4.78, 5) is 2.31. The number of halogens is 2. The van der Waals surface area contributed by atoms with Gasteiger partial charge in [-0.1, -0.05) is 41.5 Å². The summed E-state index contributed by atoms with van der Waals surface area (Å²) in [5, 5.41) is 2.87. The molecular weight excluding hydrogens is 240 g/mol. The molecule has 0 fully saturated rings. The first-order valence-electron chi connectivity index (χ1n) is 5.27. The summed E-state index contributed by atoms with van der Waals surface area (Å²) >= 11 is 0. The van der Waals surface area contributed by atoms with Crippen molar-refractivity contribution in [2.24, 2.45) is 5.11 Å². The lowest BCUT2D eigenvalue weighted by Gasteiger charge is -2.22. The van der Waals surface area contributed by atoms with E-state index in [1.54, 1.807) is 24.3 Å². The van der Waals surface area contributed by atoms with Gasteiger partial charge in [0, 0.05) is 4.91 Å². The highest BCUT2D eigenvalue weighted by atomic mass is 19.3. The quantitative estimate of drug-likeness (QED) is 0.316. The van der Waals surface area contributed by atoms with E-state index < -0.39 is 18.6 Å². The minimum absolute atomic E-state index is 0.0450. The van der Waals surface area contributed by atoms with E-state index in [4.69, 9.17) is 10.3 Å². The Morgan fingerprint density at radius 1 is 1.44 bits per heavy atom. The number of ether oxygens (including phenoxy) is 1. The van der Waals surface area contributed by atoms with Crippen molar-refractivity contribution in [1.82, 2.24) is 0 Å². The first kappa shape index (κ1) is 14.2. The highest BCUT2D eigenvalue weighted by Gasteiger charge is 2.37. The summed E-state index contributed by atoms with van der Waals surface area (Å²) in [6.45, 7) is 2.40. The molecule has 0 heterocycles. The summed E-state index contributed by atoms with van der Waals surface area (Å²) in [5.74, 6) is -3.26. The fourth-order valence-electron chi connectivity index (χ4n) is 1.34. The van der Waals surface area contributed by atoms with Gasteiger partial charge in [-0.2, -0.15) is 0 Å². The van der Waals surface area contributed by atoms with E-state index in [1.165, 1.54) is 0 Å². The summed E-state index contributed by atoms with van der Waals surface area (Å²) in [7, 11) is 0. The molecule has 0 aliphatic rings. The van der Waals surface area contributed by atoms with Gasteiger partial charge in [-0.15, -0.1) is 6.58 Å². The molecule has 6 heteroatoms. The molecule has 1 rings (SSSR count). The highest BCUT2D eigenvalue weighted by molar-refractivity contribution is 5.13. The molecule has 0 radical (unpaired) electrons. The van der Waals surface area contributed by atoms with E-state index >= 15 is 0 Å². The van der Waals surface area contributed by atoms with Gasteiger partial charge < -0.3 is 4.74 Å². The molecule has 0 spiro atoms. The first-order chi connectivity index (χ1) is 8.60. The highest BCUT2D eigenvalue weighted by Crippen LogP contribution is 2.24. The number of hydrogen-bond acceptors (Lipinski definition) is 2. The van der Waals surface area contributed by atoms with Gasteiger partial charge in [0.05, 0.1) is 13.2 Å². The zero-order valence-electron chi connectivity index (χ0n) is 9.67. The minimum atomic E-state index is -3.26. The van der Waals surface area contributed by atoms with Gasteiger partial charge in [0.25, 0.3) is 5.92 Å². The Hall–Kier alpha value is -1.91. The summed E-state index contributed by atoms with van der Waals surface area (Å²) in [6, 6.07) is 8.95. The topological polar surface area (TPSA) is 58.0 Å². The van der Waals surface area contributed by atoms with E-state index in [0.717, 1.165) is 11.6 Å². The third kappa shape index (κ3) is 4.16. The Balaban J connectivity index is 2.61. The number of rotatable bonds is 7. The number of azide groups is 1. The van der Waals surface area contributed by atoms with Crippen molar-refractivity contribution in [2.75, 3.05) is 6.54 Å². The molecule has 96 valence electrons. The molecule has 0 saturated heterocycles. The molecule has 0 aromatic heterocycles. The van der Waals surface area contributed by atoms with Gasteiger partial charge in [0.1, 0.15) is 6.10 Å². The van der Waals surface area contributed by atoms with Gasteiger partial charge in [0.2, 0.25) is 0 Å². The van der Waals surface area contributed by atoms with Crippen molar-refractivity contribution in [3.05, 3.63) is 59.0 Å². The van der Waals surface area contributed by atoms with E-state index in [-0.39, 0.29) is 6.61 Å². The minimum Gasteiger partial charge on any atom is -0.363 e. The molecule has 0 aliphatic heterocycles. The van der Waals surface area contributed by atoms with Crippen LogP contribution in [0.4, 0.5) is 8.78 Å². The van der Waals surface area contributed by atoms with Crippen molar-refractivity contribution in [2.45, 2.75) is 18.6 Å². The van der Waals surface area contributed by atoms with Crippen LogP contribution >= 0.6 is 0 Å². The zero-order valence-corrected chi connectivity index (χ0v) is 9.67. The molecule has 1 atom stereocenters. The van der Waals surface area contributed by atoms with Crippen LogP contribution in [0.5, 0.6) is 0 Å². The van der Waals surface area contributed by atoms with Crippen molar-refractivity contribution >= 4 is 0 Å². The predicted molar refractivity (Wildman–Crippen MR) is 64.2 cm³/mol. The van der Waals surface area contributed by atoms with Crippen LogP contribution < -0.4 is 0 Å². The molecular formula is C12H13F2N3O.